The lowest BCUT2D eigenvalue weighted by Crippen LogP contribution is -2.21. The molecule has 0 radical (unpaired) electrons. The van der Waals surface area contributed by atoms with Gasteiger partial charge in [-0.25, -0.2) is 0 Å². The van der Waals surface area contributed by atoms with Crippen LogP contribution in [0, 0.1) is 0 Å². The Kier molecular flexibility index (Phi) is 1.90. The molecule has 6 nitrogen and oxygen atoms in total. The number of rotatable bonds is 0. The van der Waals surface area contributed by atoms with Crippen molar-refractivity contribution in [2.75, 3.05) is 0 Å². The Hall–Kier alpha value is -1.95. The van der Waals surface area contributed by atoms with Gasteiger partial charge in [-0.1, -0.05) is 11.6 Å². The number of nitrogens with one attached hydrogen (secondary N) is 1. The lowest BCUT2D eigenvalue weighted by molar-refractivity contribution is 0.0952. The summed E-state index contributed by atoms with van der Waals surface area (Å²) in [5, 5.41) is 14.5. The second-order valence-corrected chi connectivity index (χ2v) is 3.79. The molecule has 7 heteroatoms. The number of hydrogen-bond donors (Lipinski definition) is 1. The fourth-order valence-electron chi connectivity index (χ4n) is 1.63. The average molecular weight is 236 g/mol. The maximum absolute atomic E-state index is 11.8. The van der Waals surface area contributed by atoms with Crippen LogP contribution in [-0.2, 0) is 6.54 Å². The molecule has 0 saturated carbocycles. The number of carbonyl (C=O) groups is 1. The maximum Gasteiger partial charge on any atom is 0.253 e. The average Bonchev–Trinajstić information content (AvgIpc) is 2.69. The zero-order valence-corrected chi connectivity index (χ0v) is 8.77. The van der Waals surface area contributed by atoms with Crippen molar-refractivity contribution >= 4 is 17.5 Å². The number of hydrogen-bond acceptors (Lipinski definition) is 4. The second kappa shape index (κ2) is 3.28. The fraction of sp³-hybridized carbons (Fsp3) is 0.111. The number of nitrogens with zero attached hydrogens (tertiary/aromatic N) is 4. The first-order valence-corrected chi connectivity index (χ1v) is 4.99. The van der Waals surface area contributed by atoms with Gasteiger partial charge in [0.05, 0.1) is 17.8 Å². The van der Waals surface area contributed by atoms with Gasteiger partial charge in [0.1, 0.15) is 0 Å². The number of aromatic nitrogens is 4. The van der Waals surface area contributed by atoms with Crippen molar-refractivity contribution in [3.63, 3.8) is 0 Å². The predicted octanol–water partition coefficient (Wildman–Crippen LogP) is 0.559. The van der Waals surface area contributed by atoms with Crippen LogP contribution in [0.3, 0.4) is 0 Å². The van der Waals surface area contributed by atoms with Crippen LogP contribution in [0.1, 0.15) is 16.2 Å². The fourth-order valence-corrected chi connectivity index (χ4v) is 1.80. The quantitative estimate of drug-likeness (QED) is 0.724. The number of carbonyl (C=O) groups excluding carboxylic acids is 1. The molecular weight excluding hydrogens is 230 g/mol. The van der Waals surface area contributed by atoms with Gasteiger partial charge in [0.15, 0.2) is 5.82 Å². The molecule has 80 valence electrons. The van der Waals surface area contributed by atoms with Gasteiger partial charge in [0, 0.05) is 5.02 Å². The Morgan fingerprint density at radius 1 is 1.44 bits per heavy atom. The van der Waals surface area contributed by atoms with E-state index in [-0.39, 0.29) is 5.91 Å². The van der Waals surface area contributed by atoms with E-state index in [1.165, 1.54) is 4.68 Å². The molecule has 0 spiro atoms. The lowest BCUT2D eigenvalue weighted by Gasteiger charge is -2.04. The summed E-state index contributed by atoms with van der Waals surface area (Å²) in [6, 6.07) is 5.02. The zero-order chi connectivity index (χ0) is 11.1. The van der Waals surface area contributed by atoms with Crippen molar-refractivity contribution in [2.24, 2.45) is 0 Å². The predicted molar refractivity (Wildman–Crippen MR) is 55.3 cm³/mol. The van der Waals surface area contributed by atoms with Crippen molar-refractivity contribution < 1.29 is 4.79 Å². The topological polar surface area (TPSA) is 72.7 Å². The summed E-state index contributed by atoms with van der Waals surface area (Å²) < 4.78 is 1.53. The van der Waals surface area contributed by atoms with Gasteiger partial charge in [-0.15, -0.1) is 5.10 Å². The molecule has 1 aromatic carbocycles. The Labute approximate surface area is 95.2 Å². The molecule has 1 amide bonds. The second-order valence-electron chi connectivity index (χ2n) is 3.35. The molecule has 1 aliphatic heterocycles. The first-order valence-electron chi connectivity index (χ1n) is 4.61. The van der Waals surface area contributed by atoms with E-state index >= 15 is 0 Å². The molecule has 16 heavy (non-hydrogen) atoms. The Balaban J connectivity index is 2.31. The number of fused-ring (bicyclic) bond motifs is 3. The van der Waals surface area contributed by atoms with Crippen LogP contribution in [-0.4, -0.2) is 26.1 Å². The standard InChI is InChI=1S/C9H6ClN5O/c10-5-1-2-7-6(3-5)9(16)11-4-8-12-13-14-15(7)8/h1-3H,4H2,(H,11,16). The summed E-state index contributed by atoms with van der Waals surface area (Å²) in [6.45, 7) is 0.304. The summed E-state index contributed by atoms with van der Waals surface area (Å²) >= 11 is 5.86. The highest BCUT2D eigenvalue weighted by Gasteiger charge is 2.21. The summed E-state index contributed by atoms with van der Waals surface area (Å²) in [5.41, 5.74) is 1.11. The normalized spacial score (nSPS) is 13.7. The van der Waals surface area contributed by atoms with Crippen LogP contribution in [0.25, 0.3) is 5.69 Å². The molecule has 0 bridgehead atoms. The van der Waals surface area contributed by atoms with Crippen LogP contribution >= 0.6 is 11.6 Å². The van der Waals surface area contributed by atoms with Crippen molar-refractivity contribution in [2.45, 2.75) is 6.54 Å². The summed E-state index contributed by atoms with van der Waals surface area (Å²) in [4.78, 5) is 11.8. The first-order chi connectivity index (χ1) is 7.75. The van der Waals surface area contributed by atoms with Crippen LogP contribution in [0.4, 0.5) is 0 Å². The van der Waals surface area contributed by atoms with Gasteiger partial charge in [-0.3, -0.25) is 4.79 Å². The van der Waals surface area contributed by atoms with E-state index in [2.05, 4.69) is 20.8 Å². The smallest absolute Gasteiger partial charge is 0.253 e. The van der Waals surface area contributed by atoms with Gasteiger partial charge in [-0.05, 0) is 28.6 Å². The first kappa shape index (κ1) is 9.29. The molecule has 1 N–H and O–H groups in total. The number of tetrazole rings is 1. The van der Waals surface area contributed by atoms with E-state index in [0.29, 0.717) is 28.6 Å². The third-order valence-corrected chi connectivity index (χ3v) is 2.61. The maximum atomic E-state index is 11.8. The molecule has 2 aromatic rings. The molecular formula is C9H6ClN5O. The van der Waals surface area contributed by atoms with Crippen LogP contribution in [0.2, 0.25) is 5.02 Å². The largest absolute Gasteiger partial charge is 0.345 e. The van der Waals surface area contributed by atoms with Crippen molar-refractivity contribution in [1.82, 2.24) is 25.5 Å². The summed E-state index contributed by atoms with van der Waals surface area (Å²) in [7, 11) is 0. The van der Waals surface area contributed by atoms with E-state index in [1.807, 2.05) is 0 Å². The van der Waals surface area contributed by atoms with Gasteiger partial charge in [0.2, 0.25) is 0 Å². The van der Waals surface area contributed by atoms with Crippen molar-refractivity contribution in [3.8, 4) is 5.69 Å². The summed E-state index contributed by atoms with van der Waals surface area (Å²) in [6.07, 6.45) is 0. The third-order valence-electron chi connectivity index (χ3n) is 2.37. The highest BCUT2D eigenvalue weighted by molar-refractivity contribution is 6.31. The van der Waals surface area contributed by atoms with E-state index in [9.17, 15) is 4.79 Å². The Morgan fingerprint density at radius 2 is 2.31 bits per heavy atom. The monoisotopic (exact) mass is 235 g/mol. The van der Waals surface area contributed by atoms with Crippen molar-refractivity contribution in [1.29, 1.82) is 0 Å². The molecule has 0 aliphatic carbocycles. The van der Waals surface area contributed by atoms with Gasteiger partial charge >= 0.3 is 0 Å². The molecule has 0 fully saturated rings. The molecule has 1 aromatic heterocycles. The van der Waals surface area contributed by atoms with Crippen LogP contribution < -0.4 is 5.32 Å². The molecule has 0 saturated heterocycles. The minimum atomic E-state index is -0.190. The molecule has 3 rings (SSSR count). The SMILES string of the molecule is O=C1NCc2nnnn2-c2ccc(Cl)cc21. The van der Waals surface area contributed by atoms with E-state index < -0.39 is 0 Å². The summed E-state index contributed by atoms with van der Waals surface area (Å²) in [5.74, 6) is 0.402. The van der Waals surface area contributed by atoms with E-state index in [4.69, 9.17) is 11.6 Å². The van der Waals surface area contributed by atoms with Crippen LogP contribution in [0.5, 0.6) is 0 Å². The molecule has 1 aliphatic rings. The molecule has 0 unspecified atom stereocenters. The van der Waals surface area contributed by atoms with E-state index in [1.54, 1.807) is 18.2 Å². The Bertz CT molecular complexity index is 579. The van der Waals surface area contributed by atoms with Gasteiger partial charge in [0.25, 0.3) is 5.91 Å². The van der Waals surface area contributed by atoms with Gasteiger partial charge in [-0.2, -0.15) is 4.68 Å². The molecule has 2 heterocycles. The third kappa shape index (κ3) is 1.27. The minimum Gasteiger partial charge on any atom is -0.345 e. The van der Waals surface area contributed by atoms with E-state index in [0.717, 1.165) is 0 Å². The molecule has 0 atom stereocenters. The number of benzene rings is 1. The highest BCUT2D eigenvalue weighted by atomic mass is 35.5. The lowest BCUT2D eigenvalue weighted by atomic mass is 10.1. The van der Waals surface area contributed by atoms with Crippen LogP contribution in [0.15, 0.2) is 18.2 Å². The Morgan fingerprint density at radius 3 is 3.19 bits per heavy atom. The zero-order valence-electron chi connectivity index (χ0n) is 8.01. The van der Waals surface area contributed by atoms with Crippen molar-refractivity contribution in [3.05, 3.63) is 34.6 Å². The minimum absolute atomic E-state index is 0.190. The van der Waals surface area contributed by atoms with Gasteiger partial charge < -0.3 is 5.32 Å². The number of halogens is 1. The number of amides is 1. The highest BCUT2D eigenvalue weighted by Crippen LogP contribution is 2.21.